The minimum absolute atomic E-state index is 0.00853. The van der Waals surface area contributed by atoms with Crippen molar-refractivity contribution in [2.75, 3.05) is 6.54 Å². The quantitative estimate of drug-likeness (QED) is 0.897. The molecule has 1 amide bonds. The molecule has 0 radical (unpaired) electrons. The van der Waals surface area contributed by atoms with Crippen LogP contribution in [-0.2, 0) is 10.0 Å². The predicted octanol–water partition coefficient (Wildman–Crippen LogP) is 2.00. The predicted molar refractivity (Wildman–Crippen MR) is 79.6 cm³/mol. The molecule has 114 valence electrons. The molecule has 7 heteroatoms. The van der Waals surface area contributed by atoms with Crippen molar-refractivity contribution in [1.29, 1.82) is 0 Å². The Morgan fingerprint density at radius 2 is 1.95 bits per heavy atom. The maximum atomic E-state index is 12.8. The Hall–Kier alpha value is -1.11. The molecule has 2 aliphatic rings. The Morgan fingerprint density at radius 1 is 1.29 bits per heavy atom. The van der Waals surface area contributed by atoms with E-state index in [0.717, 1.165) is 25.7 Å². The molecule has 0 aromatic heterocycles. The summed E-state index contributed by atoms with van der Waals surface area (Å²) in [6.45, 7) is 0.679. The van der Waals surface area contributed by atoms with Crippen molar-refractivity contribution in [3.05, 3.63) is 28.8 Å². The lowest BCUT2D eigenvalue weighted by atomic mass is 10.2. The normalized spacial score (nSPS) is 18.6. The first-order chi connectivity index (χ1) is 9.88. The minimum atomic E-state index is -3.98. The van der Waals surface area contributed by atoms with Crippen molar-refractivity contribution in [3.63, 3.8) is 0 Å². The van der Waals surface area contributed by atoms with Gasteiger partial charge in [0.25, 0.3) is 5.91 Å². The third kappa shape index (κ3) is 3.22. The van der Waals surface area contributed by atoms with Crippen LogP contribution in [0, 0.1) is 5.92 Å². The Kier molecular flexibility index (Phi) is 3.71. The van der Waals surface area contributed by atoms with E-state index in [-0.39, 0.29) is 27.4 Å². The number of carbonyl (C=O) groups is 1. The number of hydrogen-bond acceptors (Lipinski definition) is 3. The fraction of sp³-hybridized carbons (Fsp3) is 0.500. The van der Waals surface area contributed by atoms with Crippen molar-refractivity contribution in [3.8, 4) is 0 Å². The van der Waals surface area contributed by atoms with Crippen molar-refractivity contribution >= 4 is 27.5 Å². The highest BCUT2D eigenvalue weighted by molar-refractivity contribution is 7.89. The molecule has 3 rings (SSSR count). The Bertz CT molecular complexity index is 681. The fourth-order valence-corrected chi connectivity index (χ4v) is 3.52. The van der Waals surface area contributed by atoms with Crippen molar-refractivity contribution in [1.82, 2.24) is 4.90 Å². The zero-order chi connectivity index (χ0) is 15.2. The second-order valence-corrected chi connectivity index (χ2v) is 7.73. The highest BCUT2D eigenvalue weighted by atomic mass is 35.5. The van der Waals surface area contributed by atoms with E-state index in [4.69, 9.17) is 16.7 Å². The molecule has 0 unspecified atom stereocenters. The highest BCUT2D eigenvalue weighted by Crippen LogP contribution is 2.37. The van der Waals surface area contributed by atoms with E-state index in [0.29, 0.717) is 12.5 Å². The Labute approximate surface area is 129 Å². The molecule has 2 saturated carbocycles. The molecule has 0 heterocycles. The number of amides is 1. The van der Waals surface area contributed by atoms with Crippen LogP contribution in [0.1, 0.15) is 36.0 Å². The summed E-state index contributed by atoms with van der Waals surface area (Å²) >= 11 is 6.08. The van der Waals surface area contributed by atoms with E-state index in [1.54, 1.807) is 4.90 Å². The number of nitrogens with zero attached hydrogens (tertiary/aromatic N) is 1. The van der Waals surface area contributed by atoms with Crippen LogP contribution in [0.25, 0.3) is 0 Å². The molecular formula is C14H17ClN2O3S. The zero-order valence-corrected chi connectivity index (χ0v) is 13.0. The van der Waals surface area contributed by atoms with Crippen molar-refractivity contribution in [2.24, 2.45) is 11.1 Å². The average Bonchev–Trinajstić information content (AvgIpc) is 3.25. The highest BCUT2D eigenvalue weighted by Gasteiger charge is 2.38. The Morgan fingerprint density at radius 3 is 2.48 bits per heavy atom. The second kappa shape index (κ2) is 5.26. The molecule has 2 fully saturated rings. The summed E-state index contributed by atoms with van der Waals surface area (Å²) in [5, 5.41) is 5.34. The monoisotopic (exact) mass is 328 g/mol. The third-order valence-corrected chi connectivity index (χ3v) is 5.16. The van der Waals surface area contributed by atoms with E-state index >= 15 is 0 Å². The third-order valence-electron chi connectivity index (χ3n) is 3.90. The lowest BCUT2D eigenvalue weighted by Gasteiger charge is -2.24. The van der Waals surface area contributed by atoms with Crippen LogP contribution in [0.4, 0.5) is 0 Å². The molecule has 21 heavy (non-hydrogen) atoms. The molecule has 0 saturated heterocycles. The molecule has 0 atom stereocenters. The van der Waals surface area contributed by atoms with Crippen LogP contribution in [0.5, 0.6) is 0 Å². The van der Waals surface area contributed by atoms with Gasteiger partial charge in [-0.15, -0.1) is 0 Å². The summed E-state index contributed by atoms with van der Waals surface area (Å²) in [4.78, 5) is 14.4. The van der Waals surface area contributed by atoms with Gasteiger partial charge >= 0.3 is 0 Å². The number of sulfonamides is 1. The smallest absolute Gasteiger partial charge is 0.257 e. The van der Waals surface area contributed by atoms with Gasteiger partial charge < -0.3 is 4.90 Å². The van der Waals surface area contributed by atoms with Gasteiger partial charge in [-0.1, -0.05) is 17.7 Å². The molecule has 2 aliphatic carbocycles. The Balaban J connectivity index is 1.99. The van der Waals surface area contributed by atoms with Gasteiger partial charge in [-0.2, -0.15) is 0 Å². The summed E-state index contributed by atoms with van der Waals surface area (Å²) in [7, 11) is -3.98. The number of carbonyl (C=O) groups excluding carboxylic acids is 1. The topological polar surface area (TPSA) is 80.5 Å². The number of benzene rings is 1. The first kappa shape index (κ1) is 14.8. The fourth-order valence-electron chi connectivity index (χ4n) is 2.46. The summed E-state index contributed by atoms with van der Waals surface area (Å²) in [5.74, 6) is 0.217. The number of rotatable bonds is 5. The number of nitrogens with two attached hydrogens (primary N) is 1. The summed E-state index contributed by atoms with van der Waals surface area (Å²) < 4.78 is 23.4. The summed E-state index contributed by atoms with van der Waals surface area (Å²) in [6.07, 6.45) is 4.18. The van der Waals surface area contributed by atoms with Gasteiger partial charge in [0.15, 0.2) is 0 Å². The van der Waals surface area contributed by atoms with Gasteiger partial charge in [-0.25, -0.2) is 13.6 Å². The van der Waals surface area contributed by atoms with Gasteiger partial charge in [0.05, 0.1) is 15.5 Å². The van der Waals surface area contributed by atoms with E-state index in [1.165, 1.54) is 18.2 Å². The van der Waals surface area contributed by atoms with Gasteiger partial charge in [0, 0.05) is 12.6 Å². The van der Waals surface area contributed by atoms with Crippen LogP contribution < -0.4 is 5.14 Å². The maximum absolute atomic E-state index is 12.8. The van der Waals surface area contributed by atoms with Crippen LogP contribution in [0.15, 0.2) is 23.1 Å². The van der Waals surface area contributed by atoms with Crippen LogP contribution in [0.2, 0.25) is 5.02 Å². The molecule has 1 aromatic carbocycles. The lowest BCUT2D eigenvalue weighted by molar-refractivity contribution is 0.0731. The van der Waals surface area contributed by atoms with E-state index in [9.17, 15) is 13.2 Å². The van der Waals surface area contributed by atoms with Gasteiger partial charge in [-0.3, -0.25) is 4.79 Å². The number of hydrogen-bond donors (Lipinski definition) is 1. The standard InChI is InChI=1S/C14H17ClN2O3S/c15-11-2-1-3-12(21(16,19)20)13(11)14(18)17(10-6-7-10)8-9-4-5-9/h1-3,9-10H,4-8H2,(H2,16,19,20). The molecular weight excluding hydrogens is 312 g/mol. The van der Waals surface area contributed by atoms with Crippen molar-refractivity contribution < 1.29 is 13.2 Å². The van der Waals surface area contributed by atoms with Gasteiger partial charge in [-0.05, 0) is 43.7 Å². The number of halogens is 1. The first-order valence-electron chi connectivity index (χ1n) is 7.00. The lowest BCUT2D eigenvalue weighted by Crippen LogP contribution is -2.36. The molecule has 0 bridgehead atoms. The SMILES string of the molecule is NS(=O)(=O)c1cccc(Cl)c1C(=O)N(CC1CC1)C1CC1. The minimum Gasteiger partial charge on any atom is -0.335 e. The van der Waals surface area contributed by atoms with E-state index < -0.39 is 10.0 Å². The molecule has 1 aromatic rings. The van der Waals surface area contributed by atoms with Crippen molar-refractivity contribution in [2.45, 2.75) is 36.6 Å². The number of primary sulfonamides is 1. The van der Waals surface area contributed by atoms with Gasteiger partial charge in [0.1, 0.15) is 0 Å². The maximum Gasteiger partial charge on any atom is 0.257 e. The second-order valence-electron chi connectivity index (χ2n) is 5.79. The van der Waals surface area contributed by atoms with Crippen LogP contribution in [0.3, 0.4) is 0 Å². The van der Waals surface area contributed by atoms with Crippen LogP contribution in [-0.4, -0.2) is 31.8 Å². The van der Waals surface area contributed by atoms with Gasteiger partial charge in [0.2, 0.25) is 10.0 Å². The molecule has 0 aliphatic heterocycles. The summed E-state index contributed by atoms with van der Waals surface area (Å²) in [5.41, 5.74) is 0.00853. The van der Waals surface area contributed by atoms with E-state index in [1.807, 2.05) is 0 Å². The van der Waals surface area contributed by atoms with Crippen LogP contribution >= 0.6 is 11.6 Å². The molecule has 0 spiro atoms. The average molecular weight is 329 g/mol. The van der Waals surface area contributed by atoms with E-state index in [2.05, 4.69) is 0 Å². The largest absolute Gasteiger partial charge is 0.335 e. The molecule has 2 N–H and O–H groups in total. The molecule has 5 nitrogen and oxygen atoms in total. The zero-order valence-electron chi connectivity index (χ0n) is 11.5. The first-order valence-corrected chi connectivity index (χ1v) is 8.92. The summed E-state index contributed by atoms with van der Waals surface area (Å²) in [6, 6.07) is 4.55.